The van der Waals surface area contributed by atoms with Crippen molar-refractivity contribution in [3.63, 3.8) is 0 Å². The molecule has 0 radical (unpaired) electrons. The van der Waals surface area contributed by atoms with Crippen LogP contribution >= 0.6 is 11.6 Å². The molecule has 0 aliphatic carbocycles. The number of H-pyrrole nitrogens is 1. The van der Waals surface area contributed by atoms with Crippen molar-refractivity contribution in [2.75, 3.05) is 0 Å². The van der Waals surface area contributed by atoms with E-state index >= 15 is 0 Å². The van der Waals surface area contributed by atoms with Gasteiger partial charge < -0.3 is 14.9 Å². The highest BCUT2D eigenvalue weighted by Gasteiger charge is 2.21. The fraction of sp³-hybridized carbons (Fsp3) is 0.300. The normalized spacial score (nSPS) is 12.0. The highest BCUT2D eigenvalue weighted by atomic mass is 35.5. The van der Waals surface area contributed by atoms with Crippen molar-refractivity contribution in [2.24, 2.45) is 7.05 Å². The zero-order valence-corrected chi connectivity index (χ0v) is 16.7. The van der Waals surface area contributed by atoms with Crippen LogP contribution < -0.4 is 10.9 Å². The first-order valence-corrected chi connectivity index (χ1v) is 9.31. The first-order chi connectivity index (χ1) is 13.3. The van der Waals surface area contributed by atoms with Crippen LogP contribution in [0.5, 0.6) is 0 Å². The van der Waals surface area contributed by atoms with Gasteiger partial charge >= 0.3 is 0 Å². The second-order valence-electron chi connectivity index (χ2n) is 6.66. The van der Waals surface area contributed by atoms with Gasteiger partial charge in [-0.1, -0.05) is 23.7 Å². The largest absolute Gasteiger partial charge is 0.342 e. The summed E-state index contributed by atoms with van der Waals surface area (Å²) >= 11 is 5.99. The van der Waals surface area contributed by atoms with Gasteiger partial charge in [-0.25, -0.2) is 9.97 Å². The molecule has 0 bridgehead atoms. The minimum Gasteiger partial charge on any atom is -0.342 e. The van der Waals surface area contributed by atoms with Gasteiger partial charge in [0.05, 0.1) is 0 Å². The number of hydrogen-bond donors (Lipinski definition) is 2. The summed E-state index contributed by atoms with van der Waals surface area (Å²) < 4.78 is 1.86. The molecule has 0 saturated heterocycles. The van der Waals surface area contributed by atoms with Crippen LogP contribution in [0.4, 0.5) is 0 Å². The molecule has 1 aromatic carbocycles. The number of hydrogen-bond acceptors (Lipinski definition) is 4. The Balaban J connectivity index is 1.78. The lowest BCUT2D eigenvalue weighted by Crippen LogP contribution is -2.31. The van der Waals surface area contributed by atoms with E-state index < -0.39 is 6.04 Å². The Labute approximate surface area is 167 Å². The predicted molar refractivity (Wildman–Crippen MR) is 107 cm³/mol. The molecule has 7 nitrogen and oxygen atoms in total. The highest BCUT2D eigenvalue weighted by molar-refractivity contribution is 6.30. The number of nitrogens with one attached hydrogen (secondary N) is 2. The number of carbonyl (C=O) groups is 1. The van der Waals surface area contributed by atoms with Crippen LogP contribution in [-0.4, -0.2) is 25.4 Å². The summed E-state index contributed by atoms with van der Waals surface area (Å²) in [6, 6.07) is 6.86. The zero-order valence-electron chi connectivity index (χ0n) is 16.0. The van der Waals surface area contributed by atoms with Crippen molar-refractivity contribution in [3.8, 4) is 0 Å². The van der Waals surface area contributed by atoms with E-state index in [1.54, 1.807) is 32.2 Å². The summed E-state index contributed by atoms with van der Waals surface area (Å²) in [6.07, 6.45) is 3.99. The predicted octanol–water partition coefficient (Wildman–Crippen LogP) is 2.61. The molecule has 0 spiro atoms. The fourth-order valence-electron chi connectivity index (χ4n) is 3.12. The first-order valence-electron chi connectivity index (χ1n) is 8.93. The molecule has 0 aliphatic heterocycles. The second kappa shape index (κ2) is 8.39. The van der Waals surface area contributed by atoms with E-state index in [1.807, 2.05) is 29.9 Å². The molecule has 2 aromatic heterocycles. The molecule has 146 valence electrons. The third-order valence-electron chi connectivity index (χ3n) is 4.57. The molecule has 8 heteroatoms. The van der Waals surface area contributed by atoms with Crippen LogP contribution in [0.25, 0.3) is 0 Å². The molecule has 0 fully saturated rings. The van der Waals surface area contributed by atoms with E-state index in [9.17, 15) is 9.59 Å². The standard InChI is InChI=1S/C20H22ClN5O2/c1-12-16(20(28)24-13(2)23-12)8-9-17(27)25-18(19-22-10-11-26(19)3)14-4-6-15(21)7-5-14/h4-7,10-11,18H,8-9H2,1-3H3,(H,25,27)(H,23,24,28)/t18-/m0/s1. The number of aryl methyl sites for hydroxylation is 3. The number of halogens is 1. The molecule has 1 atom stereocenters. The number of amides is 1. The summed E-state index contributed by atoms with van der Waals surface area (Å²) in [5, 5.41) is 3.64. The summed E-state index contributed by atoms with van der Waals surface area (Å²) in [5.41, 5.74) is 1.85. The van der Waals surface area contributed by atoms with Gasteiger partial charge in [0.1, 0.15) is 17.7 Å². The van der Waals surface area contributed by atoms with Crippen LogP contribution in [0.1, 0.15) is 40.9 Å². The quantitative estimate of drug-likeness (QED) is 0.666. The lowest BCUT2D eigenvalue weighted by molar-refractivity contribution is -0.121. The smallest absolute Gasteiger partial charge is 0.254 e. The minimum absolute atomic E-state index is 0.170. The van der Waals surface area contributed by atoms with Gasteiger partial charge in [-0.2, -0.15) is 0 Å². The topological polar surface area (TPSA) is 92.7 Å². The Bertz CT molecular complexity index is 1040. The first kappa shape index (κ1) is 19.8. The van der Waals surface area contributed by atoms with Gasteiger partial charge in [0.15, 0.2) is 0 Å². The fourth-order valence-corrected chi connectivity index (χ4v) is 3.25. The maximum atomic E-state index is 12.7. The van der Waals surface area contributed by atoms with E-state index in [2.05, 4.69) is 20.3 Å². The van der Waals surface area contributed by atoms with Crippen molar-refractivity contribution in [1.82, 2.24) is 24.8 Å². The monoisotopic (exact) mass is 399 g/mol. The van der Waals surface area contributed by atoms with E-state index in [1.165, 1.54) is 0 Å². The number of rotatable bonds is 6. The van der Waals surface area contributed by atoms with Crippen molar-refractivity contribution in [1.29, 1.82) is 0 Å². The minimum atomic E-state index is -0.416. The number of imidazole rings is 1. The Hall–Kier alpha value is -2.93. The Morgan fingerprint density at radius 3 is 2.61 bits per heavy atom. The number of aromatic amines is 1. The van der Waals surface area contributed by atoms with Crippen molar-refractivity contribution >= 4 is 17.5 Å². The van der Waals surface area contributed by atoms with Crippen LogP contribution in [0.3, 0.4) is 0 Å². The average molecular weight is 400 g/mol. The van der Waals surface area contributed by atoms with Gasteiger partial charge in [-0.05, 0) is 38.0 Å². The van der Waals surface area contributed by atoms with E-state index in [4.69, 9.17) is 11.6 Å². The molecule has 2 N–H and O–H groups in total. The van der Waals surface area contributed by atoms with Gasteiger partial charge in [-0.15, -0.1) is 0 Å². The summed E-state index contributed by atoms with van der Waals surface area (Å²) in [7, 11) is 1.87. The van der Waals surface area contributed by atoms with Crippen molar-refractivity contribution < 1.29 is 4.79 Å². The second-order valence-corrected chi connectivity index (χ2v) is 7.10. The third kappa shape index (κ3) is 4.48. The molecule has 28 heavy (non-hydrogen) atoms. The van der Waals surface area contributed by atoms with E-state index in [0.717, 1.165) is 5.56 Å². The van der Waals surface area contributed by atoms with Gasteiger partial charge in [0.2, 0.25) is 5.91 Å². The molecule has 3 rings (SSSR count). The average Bonchev–Trinajstić information content (AvgIpc) is 3.05. The summed E-state index contributed by atoms with van der Waals surface area (Å²) in [4.78, 5) is 36.1. The molecule has 3 aromatic rings. The third-order valence-corrected chi connectivity index (χ3v) is 4.82. The molecular weight excluding hydrogens is 378 g/mol. The molecule has 2 heterocycles. The van der Waals surface area contributed by atoms with Crippen LogP contribution in [0, 0.1) is 13.8 Å². The molecule has 0 saturated carbocycles. The van der Waals surface area contributed by atoms with Gasteiger partial charge in [0.25, 0.3) is 5.56 Å². The maximum Gasteiger partial charge on any atom is 0.254 e. The number of benzene rings is 1. The number of aromatic nitrogens is 4. The van der Waals surface area contributed by atoms with Crippen LogP contribution in [-0.2, 0) is 18.3 Å². The molecule has 0 unspecified atom stereocenters. The van der Waals surface area contributed by atoms with E-state index in [0.29, 0.717) is 34.3 Å². The molecule has 1 amide bonds. The summed E-state index contributed by atoms with van der Waals surface area (Å²) in [5.74, 6) is 1.09. The van der Waals surface area contributed by atoms with Crippen LogP contribution in [0.2, 0.25) is 5.02 Å². The Kier molecular flexibility index (Phi) is 5.94. The zero-order chi connectivity index (χ0) is 20.3. The molecule has 0 aliphatic rings. The maximum absolute atomic E-state index is 12.7. The van der Waals surface area contributed by atoms with E-state index in [-0.39, 0.29) is 17.9 Å². The number of nitrogens with zero attached hydrogens (tertiary/aromatic N) is 3. The Morgan fingerprint density at radius 2 is 2.00 bits per heavy atom. The number of carbonyl (C=O) groups excluding carboxylic acids is 1. The van der Waals surface area contributed by atoms with Crippen molar-refractivity contribution in [3.05, 3.63) is 80.5 Å². The summed E-state index contributed by atoms with van der Waals surface area (Å²) in [6.45, 7) is 3.51. The lowest BCUT2D eigenvalue weighted by Gasteiger charge is -2.19. The van der Waals surface area contributed by atoms with Gasteiger partial charge in [0, 0.05) is 42.1 Å². The lowest BCUT2D eigenvalue weighted by atomic mass is 10.0. The van der Waals surface area contributed by atoms with Crippen molar-refractivity contribution in [2.45, 2.75) is 32.7 Å². The highest BCUT2D eigenvalue weighted by Crippen LogP contribution is 2.22. The van der Waals surface area contributed by atoms with Gasteiger partial charge in [-0.3, -0.25) is 9.59 Å². The van der Waals surface area contributed by atoms with Crippen LogP contribution in [0.15, 0.2) is 41.5 Å². The molecular formula is C20H22ClN5O2. The Morgan fingerprint density at radius 1 is 1.29 bits per heavy atom. The SMILES string of the molecule is Cc1nc(C)c(CCC(=O)N[C@@H](c2ccc(Cl)cc2)c2nccn2C)c(=O)[nH]1.